The number of benzene rings is 1. The summed E-state index contributed by atoms with van der Waals surface area (Å²) in [7, 11) is 1.58. The monoisotopic (exact) mass is 287 g/mol. The van der Waals surface area contributed by atoms with Crippen LogP contribution in [0.3, 0.4) is 0 Å². The van der Waals surface area contributed by atoms with Gasteiger partial charge in [0, 0.05) is 17.9 Å². The normalized spacial score (nSPS) is 14.4. The molecule has 0 heterocycles. The predicted molar refractivity (Wildman–Crippen MR) is 82.2 cm³/mol. The van der Waals surface area contributed by atoms with Crippen molar-refractivity contribution in [2.24, 2.45) is 5.92 Å². The Morgan fingerprint density at radius 2 is 2.19 bits per heavy atom. The molecule has 0 bridgehead atoms. The average Bonchev–Trinajstić information content (AvgIpc) is 3.02. The van der Waals surface area contributed by atoms with Gasteiger partial charge in [0.15, 0.2) is 0 Å². The fourth-order valence-electron chi connectivity index (χ4n) is 2.53. The second kappa shape index (κ2) is 7.70. The van der Waals surface area contributed by atoms with E-state index < -0.39 is 0 Å². The van der Waals surface area contributed by atoms with Gasteiger partial charge in [-0.1, -0.05) is 24.7 Å². The van der Waals surface area contributed by atoms with Gasteiger partial charge < -0.3 is 15.2 Å². The highest BCUT2D eigenvalue weighted by molar-refractivity contribution is 5.94. The number of carbonyl (C=O) groups excluding carboxylic acids is 1. The lowest BCUT2D eigenvalue weighted by Crippen LogP contribution is -2.20. The van der Waals surface area contributed by atoms with Gasteiger partial charge in [0.1, 0.15) is 5.75 Å². The lowest BCUT2D eigenvalue weighted by atomic mass is 10.1. The van der Waals surface area contributed by atoms with Crippen molar-refractivity contribution < 1.29 is 14.6 Å². The molecular weight excluding hydrogens is 266 g/mol. The first kappa shape index (κ1) is 15.4. The maximum absolute atomic E-state index is 12.2. The number of carbonyl (C=O) groups is 1. The Morgan fingerprint density at radius 1 is 1.43 bits per heavy atom. The number of anilines is 1. The van der Waals surface area contributed by atoms with Gasteiger partial charge in [-0.05, 0) is 31.0 Å². The first-order valence-electron chi connectivity index (χ1n) is 7.33. The molecule has 1 aliphatic rings. The molecule has 1 aromatic carbocycles. The minimum atomic E-state index is 0.0500. The topological polar surface area (TPSA) is 58.6 Å². The van der Waals surface area contributed by atoms with E-state index in [1.54, 1.807) is 13.2 Å². The molecule has 0 atom stereocenters. The Labute approximate surface area is 125 Å². The zero-order chi connectivity index (χ0) is 15.1. The summed E-state index contributed by atoms with van der Waals surface area (Å²) < 4.78 is 5.29. The molecule has 0 unspecified atom stereocenters. The predicted octanol–water partition coefficient (Wildman–Crippen LogP) is 2.56. The first-order valence-corrected chi connectivity index (χ1v) is 7.33. The smallest absolute Gasteiger partial charge is 0.227 e. The SMILES string of the molecule is COc1ccc(C#CCCO)cc1NC(=O)C1CCCC1. The summed E-state index contributed by atoms with van der Waals surface area (Å²) in [6, 6.07) is 5.46. The van der Waals surface area contributed by atoms with E-state index >= 15 is 0 Å². The zero-order valence-electron chi connectivity index (χ0n) is 12.3. The molecule has 1 amide bonds. The molecule has 0 aliphatic heterocycles. The van der Waals surface area contributed by atoms with Crippen molar-refractivity contribution in [1.29, 1.82) is 0 Å². The fourth-order valence-corrected chi connectivity index (χ4v) is 2.53. The van der Waals surface area contributed by atoms with E-state index in [9.17, 15) is 4.79 Å². The third-order valence-electron chi connectivity index (χ3n) is 3.65. The Hall–Kier alpha value is -1.99. The molecule has 0 radical (unpaired) electrons. The Bertz CT molecular complexity index is 551. The molecule has 21 heavy (non-hydrogen) atoms. The van der Waals surface area contributed by atoms with Crippen LogP contribution in [0.2, 0.25) is 0 Å². The minimum Gasteiger partial charge on any atom is -0.495 e. The number of ether oxygens (including phenoxy) is 1. The molecule has 2 N–H and O–H groups in total. The van der Waals surface area contributed by atoms with Crippen molar-refractivity contribution in [1.82, 2.24) is 0 Å². The van der Waals surface area contributed by atoms with Gasteiger partial charge in [-0.25, -0.2) is 0 Å². The third-order valence-corrected chi connectivity index (χ3v) is 3.65. The van der Waals surface area contributed by atoms with E-state index in [0.29, 0.717) is 17.9 Å². The van der Waals surface area contributed by atoms with Gasteiger partial charge in [-0.15, -0.1) is 0 Å². The van der Waals surface area contributed by atoms with Gasteiger partial charge in [-0.3, -0.25) is 4.79 Å². The van der Waals surface area contributed by atoms with Crippen LogP contribution in [0, 0.1) is 17.8 Å². The summed E-state index contributed by atoms with van der Waals surface area (Å²) in [5, 5.41) is 11.7. The van der Waals surface area contributed by atoms with E-state index in [2.05, 4.69) is 17.2 Å². The highest BCUT2D eigenvalue weighted by atomic mass is 16.5. The quantitative estimate of drug-likeness (QED) is 0.837. The van der Waals surface area contributed by atoms with Crippen molar-refractivity contribution >= 4 is 11.6 Å². The van der Waals surface area contributed by atoms with Crippen molar-refractivity contribution in [2.75, 3.05) is 19.0 Å². The van der Waals surface area contributed by atoms with Crippen LogP contribution in [-0.4, -0.2) is 24.7 Å². The molecule has 0 aromatic heterocycles. The van der Waals surface area contributed by atoms with E-state index in [1.807, 2.05) is 12.1 Å². The van der Waals surface area contributed by atoms with Gasteiger partial charge >= 0.3 is 0 Å². The van der Waals surface area contributed by atoms with Gasteiger partial charge in [0.2, 0.25) is 5.91 Å². The number of hydrogen-bond donors (Lipinski definition) is 2. The van der Waals surface area contributed by atoms with Gasteiger partial charge in [0.25, 0.3) is 0 Å². The molecule has 0 saturated heterocycles. The summed E-state index contributed by atoms with van der Waals surface area (Å²) in [5.41, 5.74) is 1.45. The van der Waals surface area contributed by atoms with Crippen molar-refractivity contribution in [3.8, 4) is 17.6 Å². The number of rotatable bonds is 4. The van der Waals surface area contributed by atoms with E-state index in [-0.39, 0.29) is 18.4 Å². The van der Waals surface area contributed by atoms with Crippen molar-refractivity contribution in [2.45, 2.75) is 32.1 Å². The number of aliphatic hydroxyl groups excluding tert-OH is 1. The fraction of sp³-hybridized carbons (Fsp3) is 0.471. The maximum atomic E-state index is 12.2. The van der Waals surface area contributed by atoms with Crippen LogP contribution < -0.4 is 10.1 Å². The number of aliphatic hydroxyl groups is 1. The molecule has 1 fully saturated rings. The molecular formula is C17H21NO3. The zero-order valence-corrected chi connectivity index (χ0v) is 12.3. The van der Waals surface area contributed by atoms with Crippen LogP contribution in [0.25, 0.3) is 0 Å². The van der Waals surface area contributed by atoms with Gasteiger partial charge in [0.05, 0.1) is 19.4 Å². The molecule has 1 aliphatic carbocycles. The summed E-state index contributed by atoms with van der Waals surface area (Å²) in [4.78, 5) is 12.2. The number of amides is 1. The van der Waals surface area contributed by atoms with Gasteiger partial charge in [-0.2, -0.15) is 0 Å². The maximum Gasteiger partial charge on any atom is 0.227 e. The average molecular weight is 287 g/mol. The van der Waals surface area contributed by atoms with E-state index in [4.69, 9.17) is 9.84 Å². The van der Waals surface area contributed by atoms with Crippen molar-refractivity contribution in [3.05, 3.63) is 23.8 Å². The molecule has 4 heteroatoms. The number of nitrogens with one attached hydrogen (secondary N) is 1. The summed E-state index contributed by atoms with van der Waals surface area (Å²) in [5.74, 6) is 6.64. The number of hydrogen-bond acceptors (Lipinski definition) is 3. The van der Waals surface area contributed by atoms with E-state index in [1.165, 1.54) is 0 Å². The largest absolute Gasteiger partial charge is 0.495 e. The van der Waals surface area contributed by atoms with Crippen molar-refractivity contribution in [3.63, 3.8) is 0 Å². The highest BCUT2D eigenvalue weighted by Gasteiger charge is 2.23. The summed E-state index contributed by atoms with van der Waals surface area (Å²) >= 11 is 0. The highest BCUT2D eigenvalue weighted by Crippen LogP contribution is 2.29. The van der Waals surface area contributed by atoms with Crippen LogP contribution in [0.5, 0.6) is 5.75 Å². The molecule has 1 aromatic rings. The van der Waals surface area contributed by atoms with E-state index in [0.717, 1.165) is 31.2 Å². The Kier molecular flexibility index (Phi) is 5.65. The second-order valence-electron chi connectivity index (χ2n) is 5.16. The Morgan fingerprint density at radius 3 is 2.86 bits per heavy atom. The first-order chi connectivity index (χ1) is 10.2. The summed E-state index contributed by atoms with van der Waals surface area (Å²) in [6.07, 6.45) is 4.62. The standard InChI is InChI=1S/C17H21NO3/c1-21-16-10-9-13(6-4-5-11-19)12-15(16)18-17(20)14-7-2-3-8-14/h9-10,12,14,19H,2-3,5,7-8,11H2,1H3,(H,18,20). The molecule has 2 rings (SSSR count). The van der Waals surface area contributed by atoms with Crippen LogP contribution in [0.15, 0.2) is 18.2 Å². The lowest BCUT2D eigenvalue weighted by Gasteiger charge is -2.13. The Balaban J connectivity index is 2.13. The van der Waals surface area contributed by atoms with Crippen LogP contribution in [0.4, 0.5) is 5.69 Å². The molecule has 0 spiro atoms. The van der Waals surface area contributed by atoms with Crippen LogP contribution in [0.1, 0.15) is 37.7 Å². The lowest BCUT2D eigenvalue weighted by molar-refractivity contribution is -0.119. The third kappa shape index (κ3) is 4.24. The molecule has 4 nitrogen and oxygen atoms in total. The van der Waals surface area contributed by atoms with Crippen LogP contribution in [-0.2, 0) is 4.79 Å². The molecule has 1 saturated carbocycles. The summed E-state index contributed by atoms with van der Waals surface area (Å²) in [6.45, 7) is 0.0500. The molecule has 112 valence electrons. The minimum absolute atomic E-state index is 0.0500. The van der Waals surface area contributed by atoms with Crippen LogP contribution >= 0.6 is 0 Å². The number of methoxy groups -OCH3 is 1. The second-order valence-corrected chi connectivity index (χ2v) is 5.16.